The molecule has 0 saturated heterocycles. The van der Waals surface area contributed by atoms with Crippen LogP contribution in [0.2, 0.25) is 0 Å². The van der Waals surface area contributed by atoms with E-state index in [2.05, 4.69) is 48.5 Å². The van der Waals surface area contributed by atoms with Crippen molar-refractivity contribution < 1.29 is 23.7 Å². The summed E-state index contributed by atoms with van der Waals surface area (Å²) in [5, 5.41) is 0. The molecule has 0 radical (unpaired) electrons. The zero-order valence-electron chi connectivity index (χ0n) is 26.0. The van der Waals surface area contributed by atoms with Gasteiger partial charge in [-0.2, -0.15) is 0 Å². The minimum absolute atomic E-state index is 0.0735. The summed E-state index contributed by atoms with van der Waals surface area (Å²) in [6.07, 6.45) is 11.0. The van der Waals surface area contributed by atoms with Gasteiger partial charge in [0.25, 0.3) is 0 Å². The van der Waals surface area contributed by atoms with E-state index in [4.69, 9.17) is 18.9 Å². The molecule has 0 aliphatic carbocycles. The van der Waals surface area contributed by atoms with Gasteiger partial charge in [0.2, 0.25) is 0 Å². The maximum absolute atomic E-state index is 11.8. The minimum Gasteiger partial charge on any atom is -0.485 e. The lowest BCUT2D eigenvalue weighted by Crippen LogP contribution is -2.41. The molecule has 0 saturated carbocycles. The van der Waals surface area contributed by atoms with Crippen molar-refractivity contribution in [2.75, 3.05) is 26.4 Å². The van der Waals surface area contributed by atoms with Gasteiger partial charge in [0.15, 0.2) is 6.61 Å². The number of rotatable bonds is 17. The first-order chi connectivity index (χ1) is 18.0. The van der Waals surface area contributed by atoms with Crippen LogP contribution in [-0.4, -0.2) is 38.0 Å². The van der Waals surface area contributed by atoms with Crippen molar-refractivity contribution in [2.45, 2.75) is 126 Å². The molecule has 1 aliphatic heterocycles. The minimum atomic E-state index is -0.344. The third-order valence-corrected chi connectivity index (χ3v) is 8.24. The molecule has 2 rings (SSSR count). The molecule has 38 heavy (non-hydrogen) atoms. The van der Waals surface area contributed by atoms with E-state index in [1.165, 1.54) is 44.1 Å². The van der Waals surface area contributed by atoms with E-state index in [1.54, 1.807) is 6.92 Å². The van der Waals surface area contributed by atoms with E-state index in [1.807, 2.05) is 6.92 Å². The van der Waals surface area contributed by atoms with Gasteiger partial charge in [-0.15, -0.1) is 0 Å². The standard InChI is InChI=1S/C33H56O5/c1-10-36-30(34)21-37-31-26(6)27(7)32-29(28(31)8)17-19-33(9,38-32)22-35-20-18-25(5)16-12-15-24(4)14-11-13-23(2)3/h23-25H,10-22H2,1-9H3/t24?,25?,33-/m0/s1. The number of esters is 1. The van der Waals surface area contributed by atoms with Crippen LogP contribution >= 0.6 is 0 Å². The molecule has 1 aromatic rings. The molecule has 0 amide bonds. The fraction of sp³-hybridized carbons (Fsp3) is 0.788. The van der Waals surface area contributed by atoms with Crippen LogP contribution < -0.4 is 9.47 Å². The number of hydrogen-bond donors (Lipinski definition) is 0. The van der Waals surface area contributed by atoms with Gasteiger partial charge in [0.05, 0.1) is 13.2 Å². The zero-order chi connectivity index (χ0) is 28.3. The predicted molar refractivity (Wildman–Crippen MR) is 156 cm³/mol. The molecule has 1 aliphatic rings. The molecular formula is C33H56O5. The molecule has 218 valence electrons. The molecule has 0 bridgehead atoms. The number of carbonyl (C=O) groups excluding carboxylic acids is 1. The highest BCUT2D eigenvalue weighted by atomic mass is 16.6. The van der Waals surface area contributed by atoms with E-state index >= 15 is 0 Å². The van der Waals surface area contributed by atoms with Crippen molar-refractivity contribution in [3.63, 3.8) is 0 Å². The Morgan fingerprint density at radius 1 is 0.921 bits per heavy atom. The average molecular weight is 533 g/mol. The smallest absolute Gasteiger partial charge is 0.344 e. The Morgan fingerprint density at radius 2 is 1.55 bits per heavy atom. The fourth-order valence-electron chi connectivity index (χ4n) is 5.48. The highest BCUT2D eigenvalue weighted by molar-refractivity contribution is 5.71. The van der Waals surface area contributed by atoms with Gasteiger partial charge in [-0.05, 0) is 88.3 Å². The number of ether oxygens (including phenoxy) is 4. The van der Waals surface area contributed by atoms with Crippen LogP contribution in [0.15, 0.2) is 0 Å². The highest BCUT2D eigenvalue weighted by Crippen LogP contribution is 2.43. The quantitative estimate of drug-likeness (QED) is 0.149. The largest absolute Gasteiger partial charge is 0.485 e. The topological polar surface area (TPSA) is 54.0 Å². The number of carbonyl (C=O) groups is 1. The SMILES string of the molecule is CCOC(=O)COc1c(C)c(C)c2c(c1C)CC[C@@](C)(COCCC(C)CCCC(C)CCCC(C)C)O2. The van der Waals surface area contributed by atoms with Crippen LogP contribution in [0.1, 0.15) is 115 Å². The third kappa shape index (κ3) is 10.1. The van der Waals surface area contributed by atoms with E-state index in [0.717, 1.165) is 65.9 Å². The van der Waals surface area contributed by atoms with Crippen LogP contribution in [0.3, 0.4) is 0 Å². The Bertz CT molecular complexity index is 877. The van der Waals surface area contributed by atoms with Crippen molar-refractivity contribution in [3.05, 3.63) is 22.3 Å². The third-order valence-electron chi connectivity index (χ3n) is 8.24. The molecule has 2 unspecified atom stereocenters. The molecule has 5 heteroatoms. The van der Waals surface area contributed by atoms with Crippen molar-refractivity contribution in [1.29, 1.82) is 0 Å². The molecule has 1 aromatic carbocycles. The van der Waals surface area contributed by atoms with Crippen LogP contribution in [-0.2, 0) is 20.7 Å². The summed E-state index contributed by atoms with van der Waals surface area (Å²) in [7, 11) is 0. The van der Waals surface area contributed by atoms with E-state index < -0.39 is 0 Å². The Balaban J connectivity index is 1.80. The fourth-order valence-corrected chi connectivity index (χ4v) is 5.48. The number of benzene rings is 1. The van der Waals surface area contributed by atoms with Crippen molar-refractivity contribution in [2.24, 2.45) is 17.8 Å². The van der Waals surface area contributed by atoms with E-state index in [9.17, 15) is 4.79 Å². The maximum Gasteiger partial charge on any atom is 0.344 e. The van der Waals surface area contributed by atoms with Gasteiger partial charge in [-0.25, -0.2) is 4.79 Å². The van der Waals surface area contributed by atoms with Crippen LogP contribution in [0.4, 0.5) is 0 Å². The predicted octanol–water partition coefficient (Wildman–Crippen LogP) is 8.31. The molecule has 0 fully saturated rings. The molecule has 0 spiro atoms. The maximum atomic E-state index is 11.8. The summed E-state index contributed by atoms with van der Waals surface area (Å²) in [5.74, 6) is 3.75. The molecule has 5 nitrogen and oxygen atoms in total. The summed E-state index contributed by atoms with van der Waals surface area (Å²) in [6.45, 7) is 21.2. The first-order valence-electron chi connectivity index (χ1n) is 15.1. The summed E-state index contributed by atoms with van der Waals surface area (Å²) in [4.78, 5) is 11.8. The van der Waals surface area contributed by atoms with Crippen LogP contribution in [0, 0.1) is 38.5 Å². The zero-order valence-corrected chi connectivity index (χ0v) is 26.0. The lowest BCUT2D eigenvalue weighted by atomic mass is 9.87. The van der Waals surface area contributed by atoms with Gasteiger partial charge >= 0.3 is 5.97 Å². The van der Waals surface area contributed by atoms with E-state index in [0.29, 0.717) is 19.1 Å². The second-order valence-corrected chi connectivity index (χ2v) is 12.5. The van der Waals surface area contributed by atoms with Gasteiger partial charge in [-0.3, -0.25) is 0 Å². The van der Waals surface area contributed by atoms with Crippen molar-refractivity contribution in [3.8, 4) is 11.5 Å². The molecular weight excluding hydrogens is 476 g/mol. The van der Waals surface area contributed by atoms with Crippen molar-refractivity contribution in [1.82, 2.24) is 0 Å². The molecule has 0 N–H and O–H groups in total. The van der Waals surface area contributed by atoms with Crippen LogP contribution in [0.25, 0.3) is 0 Å². The van der Waals surface area contributed by atoms with E-state index in [-0.39, 0.29) is 18.2 Å². The molecule has 1 heterocycles. The Labute approximate surface area is 233 Å². The molecule has 3 atom stereocenters. The Kier molecular flexibility index (Phi) is 13.4. The van der Waals surface area contributed by atoms with Gasteiger partial charge in [0.1, 0.15) is 17.1 Å². The molecule has 0 aromatic heterocycles. The summed E-state index contributed by atoms with van der Waals surface area (Å²) >= 11 is 0. The average Bonchev–Trinajstić information content (AvgIpc) is 2.85. The normalized spacial score (nSPS) is 18.6. The lowest BCUT2D eigenvalue weighted by Gasteiger charge is -2.38. The second kappa shape index (κ2) is 15.7. The van der Waals surface area contributed by atoms with Gasteiger partial charge < -0.3 is 18.9 Å². The van der Waals surface area contributed by atoms with Crippen LogP contribution in [0.5, 0.6) is 11.5 Å². The summed E-state index contributed by atoms with van der Waals surface area (Å²) < 4.78 is 23.7. The summed E-state index contributed by atoms with van der Waals surface area (Å²) in [5.41, 5.74) is 3.98. The highest BCUT2D eigenvalue weighted by Gasteiger charge is 2.35. The monoisotopic (exact) mass is 532 g/mol. The van der Waals surface area contributed by atoms with Gasteiger partial charge in [0, 0.05) is 12.2 Å². The number of hydrogen-bond acceptors (Lipinski definition) is 5. The number of fused-ring (bicyclic) bond motifs is 1. The Morgan fingerprint density at radius 3 is 2.18 bits per heavy atom. The Hall–Kier alpha value is -1.75. The van der Waals surface area contributed by atoms with Gasteiger partial charge in [-0.1, -0.05) is 66.2 Å². The second-order valence-electron chi connectivity index (χ2n) is 12.5. The first kappa shape index (κ1) is 32.5. The van der Waals surface area contributed by atoms with Crippen molar-refractivity contribution >= 4 is 5.97 Å². The first-order valence-corrected chi connectivity index (χ1v) is 15.1. The lowest BCUT2D eigenvalue weighted by molar-refractivity contribution is -0.145. The summed E-state index contributed by atoms with van der Waals surface area (Å²) in [6, 6.07) is 0.